The monoisotopic (exact) mass is 152 g/mol. The van der Waals surface area contributed by atoms with Crippen LogP contribution in [0, 0.1) is 0 Å². The molecule has 1 aliphatic carbocycles. The van der Waals surface area contributed by atoms with Crippen molar-refractivity contribution in [2.45, 2.75) is 20.3 Å². The van der Waals surface area contributed by atoms with Crippen LogP contribution in [0.15, 0.2) is 29.8 Å². The summed E-state index contributed by atoms with van der Waals surface area (Å²) in [5.41, 5.74) is 5.93. The van der Waals surface area contributed by atoms with Crippen molar-refractivity contribution in [1.29, 1.82) is 0 Å². The third kappa shape index (κ3) is 1.38. The van der Waals surface area contributed by atoms with Gasteiger partial charge >= 0.3 is 18.9 Å². The van der Waals surface area contributed by atoms with Gasteiger partial charge < -0.3 is 1.43 Å². The van der Waals surface area contributed by atoms with Gasteiger partial charge in [-0.2, -0.15) is 0 Å². The van der Waals surface area contributed by atoms with Crippen molar-refractivity contribution < 1.29 is 20.3 Å². The molecule has 1 heteroatoms. The van der Waals surface area contributed by atoms with Crippen LogP contribution in [0.2, 0.25) is 0 Å². The van der Waals surface area contributed by atoms with E-state index in [2.05, 4.69) is 38.1 Å². The van der Waals surface area contributed by atoms with Gasteiger partial charge in [0.15, 0.2) is 0 Å². The summed E-state index contributed by atoms with van der Waals surface area (Å²) in [4.78, 5) is 0. The van der Waals surface area contributed by atoms with Gasteiger partial charge in [-0.15, -0.1) is 0 Å². The molecule has 0 bridgehead atoms. The predicted molar refractivity (Wildman–Crippen MR) is 49.5 cm³/mol. The van der Waals surface area contributed by atoms with E-state index < -0.39 is 0 Å². The molecule has 58 valence electrons. The van der Waals surface area contributed by atoms with Gasteiger partial charge in [0.1, 0.15) is 0 Å². The summed E-state index contributed by atoms with van der Waals surface area (Å²) < 4.78 is 0. The normalized spacial score (nSPS) is 14.2. The zero-order valence-corrected chi connectivity index (χ0v) is 8.02. The van der Waals surface area contributed by atoms with Crippen molar-refractivity contribution in [3.63, 3.8) is 0 Å². The standard InChI is InChI=1S/C11H12.Li.H/c1-8-7-10-5-3-4-6-11(10)9(8)2;;/h3-6H,7H2,1-2H3;;/q;+1;-1. The Labute approximate surface area is 87.3 Å². The summed E-state index contributed by atoms with van der Waals surface area (Å²) in [5, 5.41) is 0. The average molecular weight is 152 g/mol. The molecule has 0 atom stereocenters. The van der Waals surface area contributed by atoms with Crippen molar-refractivity contribution in [2.75, 3.05) is 0 Å². The molecule has 0 radical (unpaired) electrons. The van der Waals surface area contributed by atoms with E-state index in [4.69, 9.17) is 0 Å². The van der Waals surface area contributed by atoms with Gasteiger partial charge in [0.25, 0.3) is 0 Å². The molecule has 0 aliphatic heterocycles. The Morgan fingerprint density at radius 2 is 1.83 bits per heavy atom. The molecule has 0 spiro atoms. The molecule has 0 heterocycles. The Morgan fingerprint density at radius 1 is 1.17 bits per heavy atom. The molecule has 0 amide bonds. The first-order valence-corrected chi connectivity index (χ1v) is 4.03. The molecular weight excluding hydrogens is 139 g/mol. The summed E-state index contributed by atoms with van der Waals surface area (Å²) in [7, 11) is 0. The van der Waals surface area contributed by atoms with Crippen molar-refractivity contribution in [1.82, 2.24) is 0 Å². The summed E-state index contributed by atoms with van der Waals surface area (Å²) in [5.74, 6) is 0. The summed E-state index contributed by atoms with van der Waals surface area (Å²) in [6.45, 7) is 4.43. The molecular formula is C11H13Li. The quantitative estimate of drug-likeness (QED) is 0.464. The summed E-state index contributed by atoms with van der Waals surface area (Å²) in [6.07, 6.45) is 1.15. The van der Waals surface area contributed by atoms with Crippen LogP contribution in [0.25, 0.3) is 5.57 Å². The molecule has 0 fully saturated rings. The SMILES string of the molecule is CC1=C(C)c2ccccc2C1.[H-].[Li+]. The molecule has 1 aliphatic rings. The van der Waals surface area contributed by atoms with E-state index >= 15 is 0 Å². The van der Waals surface area contributed by atoms with Gasteiger partial charge in [0, 0.05) is 0 Å². The second kappa shape index (κ2) is 3.52. The van der Waals surface area contributed by atoms with Gasteiger partial charge in [-0.1, -0.05) is 29.8 Å². The largest absolute Gasteiger partial charge is 1.00 e. The Morgan fingerprint density at radius 3 is 2.50 bits per heavy atom. The zero-order chi connectivity index (χ0) is 7.84. The maximum absolute atomic E-state index is 2.22. The summed E-state index contributed by atoms with van der Waals surface area (Å²) >= 11 is 0. The molecule has 2 rings (SSSR count). The van der Waals surface area contributed by atoms with E-state index in [0.29, 0.717) is 0 Å². The fourth-order valence-corrected chi connectivity index (χ4v) is 1.69. The van der Waals surface area contributed by atoms with Gasteiger partial charge in [0.2, 0.25) is 0 Å². The van der Waals surface area contributed by atoms with Crippen LogP contribution in [0.1, 0.15) is 26.4 Å². The van der Waals surface area contributed by atoms with Crippen molar-refractivity contribution >= 4 is 5.57 Å². The maximum Gasteiger partial charge on any atom is 1.00 e. The van der Waals surface area contributed by atoms with Gasteiger partial charge in [-0.05, 0) is 37.0 Å². The molecule has 0 saturated heterocycles. The molecule has 0 saturated carbocycles. The second-order valence-corrected chi connectivity index (χ2v) is 3.24. The molecule has 0 nitrogen and oxygen atoms in total. The number of fused-ring (bicyclic) bond motifs is 1. The number of allylic oxidation sites excluding steroid dienone is 2. The third-order valence-electron chi connectivity index (χ3n) is 2.52. The van der Waals surface area contributed by atoms with E-state index in [9.17, 15) is 0 Å². The Bertz CT molecular complexity index is 329. The Balaban J connectivity index is 0.000000720. The molecule has 1 aromatic rings. The van der Waals surface area contributed by atoms with Crippen LogP contribution in [-0.4, -0.2) is 0 Å². The number of benzene rings is 1. The van der Waals surface area contributed by atoms with E-state index in [1.165, 1.54) is 22.3 Å². The Kier molecular flexibility index (Phi) is 2.83. The van der Waals surface area contributed by atoms with Crippen LogP contribution >= 0.6 is 0 Å². The van der Waals surface area contributed by atoms with Crippen LogP contribution in [-0.2, 0) is 6.42 Å². The second-order valence-electron chi connectivity index (χ2n) is 3.24. The van der Waals surface area contributed by atoms with Crippen molar-refractivity contribution in [3.05, 3.63) is 41.0 Å². The number of hydrogen-bond donors (Lipinski definition) is 0. The Hall–Kier alpha value is -0.443. The minimum Gasteiger partial charge on any atom is -1.00 e. The molecule has 0 N–H and O–H groups in total. The average Bonchev–Trinajstić information content (AvgIpc) is 2.30. The fraction of sp³-hybridized carbons (Fsp3) is 0.273. The number of rotatable bonds is 0. The van der Waals surface area contributed by atoms with Gasteiger partial charge in [-0.25, -0.2) is 0 Å². The zero-order valence-electron chi connectivity index (χ0n) is 9.02. The van der Waals surface area contributed by atoms with Gasteiger partial charge in [-0.3, -0.25) is 0 Å². The van der Waals surface area contributed by atoms with Crippen molar-refractivity contribution in [3.8, 4) is 0 Å². The van der Waals surface area contributed by atoms with Crippen LogP contribution in [0.4, 0.5) is 0 Å². The smallest absolute Gasteiger partial charge is 1.00 e. The van der Waals surface area contributed by atoms with E-state index in [1.54, 1.807) is 0 Å². The first kappa shape index (κ1) is 9.64. The van der Waals surface area contributed by atoms with E-state index in [1.807, 2.05) is 0 Å². The third-order valence-corrected chi connectivity index (χ3v) is 2.52. The molecule has 0 aromatic heterocycles. The minimum atomic E-state index is 0. The molecule has 1 aromatic carbocycles. The van der Waals surface area contributed by atoms with Gasteiger partial charge in [0.05, 0.1) is 0 Å². The maximum atomic E-state index is 2.22. The first-order valence-electron chi connectivity index (χ1n) is 4.03. The predicted octanol–water partition coefficient (Wildman–Crippen LogP) is 0.153. The summed E-state index contributed by atoms with van der Waals surface area (Å²) in [6, 6.07) is 8.65. The van der Waals surface area contributed by atoms with E-state index in [0.717, 1.165) is 6.42 Å². The fourth-order valence-electron chi connectivity index (χ4n) is 1.69. The topological polar surface area (TPSA) is 0 Å². The van der Waals surface area contributed by atoms with Crippen LogP contribution < -0.4 is 18.9 Å². The minimum absolute atomic E-state index is 0. The molecule has 0 unspecified atom stereocenters. The molecule has 12 heavy (non-hydrogen) atoms. The van der Waals surface area contributed by atoms with Crippen molar-refractivity contribution in [2.24, 2.45) is 0 Å². The van der Waals surface area contributed by atoms with Crippen LogP contribution in [0.3, 0.4) is 0 Å². The van der Waals surface area contributed by atoms with Crippen LogP contribution in [0.5, 0.6) is 0 Å². The van der Waals surface area contributed by atoms with E-state index in [-0.39, 0.29) is 20.3 Å². The first-order chi connectivity index (χ1) is 5.29. The number of hydrogen-bond acceptors (Lipinski definition) is 0.